The Labute approximate surface area is 163 Å². The van der Waals surface area contributed by atoms with Gasteiger partial charge in [0.1, 0.15) is 28.5 Å². The van der Waals surface area contributed by atoms with Crippen LogP contribution in [0.4, 0.5) is 11.8 Å². The molecule has 0 radical (unpaired) electrons. The van der Waals surface area contributed by atoms with Gasteiger partial charge in [-0.25, -0.2) is 19.9 Å². The summed E-state index contributed by atoms with van der Waals surface area (Å²) < 4.78 is 8.12. The van der Waals surface area contributed by atoms with Crippen LogP contribution in [0.2, 0.25) is 0 Å². The quantitative estimate of drug-likeness (QED) is 0.736. The van der Waals surface area contributed by atoms with E-state index in [2.05, 4.69) is 33.3 Å². The van der Waals surface area contributed by atoms with Gasteiger partial charge in [-0.3, -0.25) is 0 Å². The molecule has 146 valence electrons. The molecule has 2 bridgehead atoms. The van der Waals surface area contributed by atoms with Gasteiger partial charge in [0, 0.05) is 19.1 Å². The molecule has 28 heavy (non-hydrogen) atoms. The summed E-state index contributed by atoms with van der Waals surface area (Å²) in [6.45, 7) is 7.88. The Balaban J connectivity index is 1.70. The number of nitrogens with zero attached hydrogens (tertiary/aromatic N) is 7. The highest BCUT2D eigenvalue weighted by Crippen LogP contribution is 2.32. The van der Waals surface area contributed by atoms with Crippen LogP contribution in [-0.2, 0) is 4.74 Å². The molecule has 0 amide bonds. The van der Waals surface area contributed by atoms with Crippen LogP contribution in [0.1, 0.15) is 38.6 Å². The molecule has 0 saturated carbocycles. The minimum absolute atomic E-state index is 0.235. The molecule has 0 aromatic carbocycles. The zero-order valence-corrected chi connectivity index (χ0v) is 16.3. The number of imidazole rings is 1. The van der Waals surface area contributed by atoms with Gasteiger partial charge in [0.05, 0.1) is 24.6 Å². The van der Waals surface area contributed by atoms with Gasteiger partial charge in [0.25, 0.3) is 0 Å². The van der Waals surface area contributed by atoms with Crippen LogP contribution < -0.4 is 10.6 Å². The minimum Gasteiger partial charge on any atom is -0.382 e. The number of rotatable bonds is 3. The number of nitrogens with two attached hydrogens (primary N) is 1. The lowest BCUT2D eigenvalue weighted by molar-refractivity contribution is 0.0299. The molecular weight excluding hydrogens is 356 g/mol. The fraction of sp³-hybridized carbons (Fsp3) is 0.526. The summed E-state index contributed by atoms with van der Waals surface area (Å²) in [5.74, 6) is 1.98. The SMILES string of the molecule is Cc1nc2c(-c3cnc(N)cn3)nc(N3CC4CCC(C3)O4)nc2n1C(C)C. The number of hydrogen-bond donors (Lipinski definition) is 1. The number of nitrogen functional groups attached to an aromatic ring is 1. The summed E-state index contributed by atoms with van der Waals surface area (Å²) in [7, 11) is 0. The molecule has 5 rings (SSSR count). The van der Waals surface area contributed by atoms with E-state index in [4.69, 9.17) is 25.4 Å². The second-order valence-corrected chi connectivity index (χ2v) is 7.86. The second-order valence-electron chi connectivity index (χ2n) is 7.86. The fourth-order valence-corrected chi connectivity index (χ4v) is 4.25. The summed E-state index contributed by atoms with van der Waals surface area (Å²) in [4.78, 5) is 25.4. The molecule has 2 aliphatic rings. The number of fused-ring (bicyclic) bond motifs is 3. The number of anilines is 2. The maximum Gasteiger partial charge on any atom is 0.228 e. The molecule has 9 heteroatoms. The summed E-state index contributed by atoms with van der Waals surface area (Å²) in [6, 6.07) is 0.235. The van der Waals surface area contributed by atoms with Crippen molar-refractivity contribution in [2.45, 2.75) is 51.9 Å². The molecule has 2 atom stereocenters. The highest BCUT2D eigenvalue weighted by molar-refractivity contribution is 5.87. The first-order chi connectivity index (χ1) is 13.5. The average molecular weight is 380 g/mol. The van der Waals surface area contributed by atoms with Crippen molar-refractivity contribution in [1.82, 2.24) is 29.5 Å². The van der Waals surface area contributed by atoms with E-state index in [9.17, 15) is 0 Å². The molecule has 2 unspecified atom stereocenters. The standard InChI is InChI=1S/C19H24N8O/c1-10(2)27-11(3)23-17-16(14-6-22-15(20)7-21-14)24-19(25-18(17)27)26-8-12-4-5-13(9-26)28-12/h6-7,10,12-13H,4-5,8-9H2,1-3H3,(H2,20,22). The van der Waals surface area contributed by atoms with Crippen molar-refractivity contribution in [3.05, 3.63) is 18.2 Å². The van der Waals surface area contributed by atoms with Gasteiger partial charge in [-0.1, -0.05) is 0 Å². The van der Waals surface area contributed by atoms with E-state index in [0.717, 1.165) is 42.9 Å². The van der Waals surface area contributed by atoms with Crippen LogP contribution in [-0.4, -0.2) is 54.8 Å². The largest absolute Gasteiger partial charge is 0.382 e. The number of aryl methyl sites for hydroxylation is 1. The first kappa shape index (κ1) is 17.3. The third kappa shape index (κ3) is 2.77. The first-order valence-electron chi connectivity index (χ1n) is 9.74. The van der Waals surface area contributed by atoms with Crippen molar-refractivity contribution in [3.8, 4) is 11.4 Å². The highest BCUT2D eigenvalue weighted by atomic mass is 16.5. The minimum atomic E-state index is 0.235. The lowest BCUT2D eigenvalue weighted by Gasteiger charge is -2.32. The zero-order valence-electron chi connectivity index (χ0n) is 16.3. The number of morpholine rings is 1. The molecule has 2 saturated heterocycles. The molecule has 2 N–H and O–H groups in total. The summed E-state index contributed by atoms with van der Waals surface area (Å²) in [5.41, 5.74) is 8.62. The monoisotopic (exact) mass is 380 g/mol. The van der Waals surface area contributed by atoms with Crippen LogP contribution in [0.5, 0.6) is 0 Å². The predicted octanol–water partition coefficient (Wildman–Crippen LogP) is 2.12. The molecule has 3 aromatic rings. The van der Waals surface area contributed by atoms with Crippen molar-refractivity contribution >= 4 is 22.9 Å². The van der Waals surface area contributed by atoms with Crippen molar-refractivity contribution < 1.29 is 4.74 Å². The van der Waals surface area contributed by atoms with Crippen LogP contribution in [0.3, 0.4) is 0 Å². The number of hydrogen-bond acceptors (Lipinski definition) is 8. The van der Waals surface area contributed by atoms with Gasteiger partial charge in [-0.05, 0) is 33.6 Å². The normalized spacial score (nSPS) is 21.8. The number of aromatic nitrogens is 6. The van der Waals surface area contributed by atoms with Gasteiger partial charge in [-0.2, -0.15) is 4.98 Å². The topological polar surface area (TPSA) is 108 Å². The molecule has 5 heterocycles. The van der Waals surface area contributed by atoms with E-state index < -0.39 is 0 Å². The van der Waals surface area contributed by atoms with E-state index in [1.807, 2.05) is 6.92 Å². The Kier molecular flexibility index (Phi) is 3.94. The van der Waals surface area contributed by atoms with Crippen LogP contribution in [0.15, 0.2) is 12.4 Å². The average Bonchev–Trinajstić information content (AvgIpc) is 3.19. The van der Waals surface area contributed by atoms with Gasteiger partial charge >= 0.3 is 0 Å². The Morgan fingerprint density at radius 1 is 1.07 bits per heavy atom. The van der Waals surface area contributed by atoms with E-state index in [0.29, 0.717) is 23.2 Å². The van der Waals surface area contributed by atoms with Crippen molar-refractivity contribution in [1.29, 1.82) is 0 Å². The third-order valence-electron chi connectivity index (χ3n) is 5.46. The van der Waals surface area contributed by atoms with Crippen molar-refractivity contribution in [3.63, 3.8) is 0 Å². The van der Waals surface area contributed by atoms with Crippen LogP contribution in [0.25, 0.3) is 22.6 Å². The second kappa shape index (κ2) is 6.37. The van der Waals surface area contributed by atoms with Crippen LogP contribution >= 0.6 is 0 Å². The summed E-state index contributed by atoms with van der Waals surface area (Å²) in [5, 5.41) is 0. The predicted molar refractivity (Wildman–Crippen MR) is 106 cm³/mol. The first-order valence-corrected chi connectivity index (χ1v) is 9.74. The molecule has 9 nitrogen and oxygen atoms in total. The van der Waals surface area contributed by atoms with Gasteiger partial charge < -0.3 is 19.9 Å². The zero-order chi connectivity index (χ0) is 19.4. The number of ether oxygens (including phenoxy) is 1. The van der Waals surface area contributed by atoms with E-state index in [-0.39, 0.29) is 18.2 Å². The van der Waals surface area contributed by atoms with E-state index in [1.54, 1.807) is 12.4 Å². The Bertz CT molecular complexity index is 1020. The van der Waals surface area contributed by atoms with Crippen LogP contribution in [0, 0.1) is 6.92 Å². The smallest absolute Gasteiger partial charge is 0.228 e. The Morgan fingerprint density at radius 2 is 1.82 bits per heavy atom. The Hall–Kier alpha value is -2.81. The lowest BCUT2D eigenvalue weighted by Crippen LogP contribution is -2.43. The summed E-state index contributed by atoms with van der Waals surface area (Å²) in [6.07, 6.45) is 5.91. The Morgan fingerprint density at radius 3 is 2.46 bits per heavy atom. The van der Waals surface area contributed by atoms with Gasteiger partial charge in [0.15, 0.2) is 5.65 Å². The highest BCUT2D eigenvalue weighted by Gasteiger charge is 2.35. The molecular formula is C19H24N8O. The molecule has 2 fully saturated rings. The van der Waals surface area contributed by atoms with Crippen molar-refractivity contribution in [2.24, 2.45) is 0 Å². The molecule has 3 aromatic heterocycles. The molecule has 0 aliphatic carbocycles. The maximum atomic E-state index is 5.98. The molecule has 2 aliphatic heterocycles. The van der Waals surface area contributed by atoms with Crippen molar-refractivity contribution in [2.75, 3.05) is 23.7 Å². The summed E-state index contributed by atoms with van der Waals surface area (Å²) >= 11 is 0. The van der Waals surface area contributed by atoms with E-state index in [1.165, 1.54) is 0 Å². The van der Waals surface area contributed by atoms with E-state index >= 15 is 0 Å². The molecule has 0 spiro atoms. The lowest BCUT2D eigenvalue weighted by atomic mass is 10.2. The third-order valence-corrected chi connectivity index (χ3v) is 5.46. The fourth-order valence-electron chi connectivity index (χ4n) is 4.25. The maximum absolute atomic E-state index is 5.98. The van der Waals surface area contributed by atoms with Gasteiger partial charge in [0.2, 0.25) is 5.95 Å². The van der Waals surface area contributed by atoms with Gasteiger partial charge in [-0.15, -0.1) is 0 Å².